The zero-order valence-electron chi connectivity index (χ0n) is 10.8. The van der Waals surface area contributed by atoms with Crippen LogP contribution in [0.15, 0.2) is 59.5 Å². The highest BCUT2D eigenvalue weighted by atomic mass is 32.1. The quantitative estimate of drug-likeness (QED) is 0.504. The molecule has 0 saturated carbocycles. The van der Waals surface area contributed by atoms with Gasteiger partial charge < -0.3 is 4.74 Å². The average Bonchev–Trinajstić information content (AvgIpc) is 3.00. The smallest absolute Gasteiger partial charge is 0.281 e. The lowest BCUT2D eigenvalue weighted by molar-refractivity contribution is 0.0959. The molecule has 4 nitrogen and oxygen atoms in total. The number of hydrogen-bond donors (Lipinski definition) is 1. The van der Waals surface area contributed by atoms with Gasteiger partial charge in [0.2, 0.25) is 0 Å². The normalized spacial score (nSPS) is 10.4. The zero-order chi connectivity index (χ0) is 14.2. The molecule has 0 radical (unpaired) electrons. The van der Waals surface area contributed by atoms with E-state index in [9.17, 15) is 4.79 Å². The number of nitrogens with zero attached hydrogens (tertiary/aromatic N) is 1. The molecular weight excluding hydrogens is 272 g/mol. The monoisotopic (exact) mass is 286 g/mol. The maximum absolute atomic E-state index is 11.6. The molecule has 5 heteroatoms. The van der Waals surface area contributed by atoms with Crippen molar-refractivity contribution >= 4 is 23.5 Å². The molecule has 20 heavy (non-hydrogen) atoms. The molecule has 1 aromatic carbocycles. The molecule has 0 spiro atoms. The second kappa shape index (κ2) is 7.25. The van der Waals surface area contributed by atoms with Crippen LogP contribution in [-0.4, -0.2) is 18.7 Å². The molecule has 0 aliphatic heterocycles. The summed E-state index contributed by atoms with van der Waals surface area (Å²) in [6.07, 6.45) is 3.28. The number of rotatable bonds is 6. The summed E-state index contributed by atoms with van der Waals surface area (Å²) in [5.74, 6) is 0.562. The van der Waals surface area contributed by atoms with Crippen LogP contribution in [0.2, 0.25) is 0 Å². The zero-order valence-corrected chi connectivity index (χ0v) is 11.6. The van der Waals surface area contributed by atoms with Crippen molar-refractivity contribution < 1.29 is 9.53 Å². The summed E-state index contributed by atoms with van der Waals surface area (Å²) in [4.78, 5) is 12.3. The fraction of sp³-hybridized carbons (Fsp3) is 0.0667. The first-order valence-electron chi connectivity index (χ1n) is 6.00. The molecule has 0 unspecified atom stereocenters. The first-order valence-corrected chi connectivity index (χ1v) is 6.88. The lowest BCUT2D eigenvalue weighted by atomic mass is 10.2. The van der Waals surface area contributed by atoms with Gasteiger partial charge in [-0.3, -0.25) is 4.79 Å². The molecule has 2 rings (SSSR count). The van der Waals surface area contributed by atoms with E-state index < -0.39 is 0 Å². The lowest BCUT2D eigenvalue weighted by Gasteiger charge is -2.02. The third-order valence-electron chi connectivity index (χ3n) is 2.37. The Morgan fingerprint density at radius 2 is 2.15 bits per heavy atom. The van der Waals surface area contributed by atoms with Gasteiger partial charge in [0.25, 0.3) is 5.91 Å². The maximum Gasteiger partial charge on any atom is 0.281 e. The van der Waals surface area contributed by atoms with Crippen LogP contribution in [0.25, 0.3) is 0 Å². The molecule has 0 saturated heterocycles. The molecule has 1 amide bonds. The predicted molar refractivity (Wildman–Crippen MR) is 81.5 cm³/mol. The van der Waals surface area contributed by atoms with E-state index in [1.54, 1.807) is 18.4 Å². The Bertz CT molecular complexity index is 589. The van der Waals surface area contributed by atoms with Crippen molar-refractivity contribution in [3.63, 3.8) is 0 Å². The topological polar surface area (TPSA) is 50.7 Å². The Morgan fingerprint density at radius 3 is 2.80 bits per heavy atom. The van der Waals surface area contributed by atoms with Gasteiger partial charge in [-0.05, 0) is 41.3 Å². The van der Waals surface area contributed by atoms with Gasteiger partial charge in [-0.15, -0.1) is 11.3 Å². The van der Waals surface area contributed by atoms with Crippen LogP contribution >= 0.6 is 11.3 Å². The van der Waals surface area contributed by atoms with Crippen LogP contribution in [0.4, 0.5) is 0 Å². The fourth-order valence-corrected chi connectivity index (χ4v) is 2.05. The minimum atomic E-state index is -0.206. The summed E-state index contributed by atoms with van der Waals surface area (Å²) in [6.45, 7) is 4.06. The van der Waals surface area contributed by atoms with Gasteiger partial charge in [0.1, 0.15) is 12.4 Å². The SMILES string of the molecule is C=CCOc1ccc(C=NNC(=O)c2cccs2)cc1. The minimum Gasteiger partial charge on any atom is -0.490 e. The molecule has 1 aromatic heterocycles. The first kappa shape index (κ1) is 14.0. The van der Waals surface area contributed by atoms with Crippen LogP contribution in [0.1, 0.15) is 15.2 Å². The number of carbonyl (C=O) groups is 1. The summed E-state index contributed by atoms with van der Waals surface area (Å²) >= 11 is 1.38. The molecule has 0 atom stereocenters. The highest BCUT2D eigenvalue weighted by molar-refractivity contribution is 7.12. The van der Waals surface area contributed by atoms with E-state index in [-0.39, 0.29) is 5.91 Å². The molecule has 102 valence electrons. The van der Waals surface area contributed by atoms with E-state index in [2.05, 4.69) is 17.1 Å². The van der Waals surface area contributed by atoms with Crippen LogP contribution in [0, 0.1) is 0 Å². The van der Waals surface area contributed by atoms with E-state index >= 15 is 0 Å². The molecule has 1 heterocycles. The minimum absolute atomic E-state index is 0.206. The summed E-state index contributed by atoms with van der Waals surface area (Å²) in [7, 11) is 0. The summed E-state index contributed by atoms with van der Waals surface area (Å²) in [5.41, 5.74) is 3.36. The van der Waals surface area contributed by atoms with E-state index in [4.69, 9.17) is 4.74 Å². The van der Waals surface area contributed by atoms with Crippen LogP contribution < -0.4 is 10.2 Å². The van der Waals surface area contributed by atoms with Gasteiger partial charge in [-0.1, -0.05) is 18.7 Å². The standard InChI is InChI=1S/C15H14N2O2S/c1-2-9-19-13-7-5-12(6-8-13)11-16-17-15(18)14-4-3-10-20-14/h2-8,10-11H,1,9H2,(H,17,18). The van der Waals surface area contributed by atoms with Crippen molar-refractivity contribution in [1.29, 1.82) is 0 Å². The fourth-order valence-electron chi connectivity index (χ4n) is 1.43. The highest BCUT2D eigenvalue weighted by Gasteiger charge is 2.03. The number of benzene rings is 1. The predicted octanol–water partition coefficient (Wildman–Crippen LogP) is 3.08. The van der Waals surface area contributed by atoms with Crippen LogP contribution in [0.3, 0.4) is 0 Å². The summed E-state index contributed by atoms with van der Waals surface area (Å²) in [5, 5.41) is 5.76. The highest BCUT2D eigenvalue weighted by Crippen LogP contribution is 2.11. The second-order valence-corrected chi connectivity index (χ2v) is 4.79. The lowest BCUT2D eigenvalue weighted by Crippen LogP contribution is -2.16. The summed E-state index contributed by atoms with van der Waals surface area (Å²) < 4.78 is 5.37. The van der Waals surface area contributed by atoms with E-state index in [1.807, 2.05) is 35.7 Å². The summed E-state index contributed by atoms with van der Waals surface area (Å²) in [6, 6.07) is 11.0. The largest absolute Gasteiger partial charge is 0.490 e. The number of nitrogens with one attached hydrogen (secondary N) is 1. The molecule has 0 aliphatic rings. The number of ether oxygens (including phenoxy) is 1. The second-order valence-electron chi connectivity index (χ2n) is 3.85. The van der Waals surface area contributed by atoms with Gasteiger partial charge in [-0.2, -0.15) is 5.10 Å². The van der Waals surface area contributed by atoms with Crippen molar-refractivity contribution in [2.75, 3.05) is 6.61 Å². The van der Waals surface area contributed by atoms with Gasteiger partial charge in [0, 0.05) is 0 Å². The van der Waals surface area contributed by atoms with Crippen molar-refractivity contribution in [2.24, 2.45) is 5.10 Å². The molecule has 0 fully saturated rings. The Kier molecular flexibility index (Phi) is 5.08. The van der Waals surface area contributed by atoms with Crippen LogP contribution in [0.5, 0.6) is 5.75 Å². The Balaban J connectivity index is 1.88. The van der Waals surface area contributed by atoms with E-state index in [1.165, 1.54) is 11.3 Å². The van der Waals surface area contributed by atoms with Crippen molar-refractivity contribution in [3.8, 4) is 5.75 Å². The van der Waals surface area contributed by atoms with E-state index in [0.717, 1.165) is 11.3 Å². The third-order valence-corrected chi connectivity index (χ3v) is 3.24. The van der Waals surface area contributed by atoms with E-state index in [0.29, 0.717) is 11.5 Å². The molecule has 0 bridgehead atoms. The molecule has 2 aromatic rings. The van der Waals surface area contributed by atoms with Gasteiger partial charge in [0.05, 0.1) is 11.1 Å². The Morgan fingerprint density at radius 1 is 1.35 bits per heavy atom. The molecular formula is C15H14N2O2S. The number of carbonyl (C=O) groups excluding carboxylic acids is 1. The van der Waals surface area contributed by atoms with Gasteiger partial charge in [-0.25, -0.2) is 5.43 Å². The third kappa shape index (κ3) is 4.07. The van der Waals surface area contributed by atoms with Crippen molar-refractivity contribution in [3.05, 3.63) is 64.9 Å². The average molecular weight is 286 g/mol. The number of hydrazone groups is 1. The van der Waals surface area contributed by atoms with Crippen molar-refractivity contribution in [1.82, 2.24) is 5.43 Å². The van der Waals surface area contributed by atoms with Crippen LogP contribution in [-0.2, 0) is 0 Å². The molecule has 1 N–H and O–H groups in total. The maximum atomic E-state index is 11.6. The number of amides is 1. The van der Waals surface area contributed by atoms with Crippen molar-refractivity contribution in [2.45, 2.75) is 0 Å². The molecule has 0 aliphatic carbocycles. The Labute approximate surface area is 121 Å². The Hall–Kier alpha value is -2.40. The number of hydrogen-bond acceptors (Lipinski definition) is 4. The first-order chi connectivity index (χ1) is 9.79. The van der Waals surface area contributed by atoms with Gasteiger partial charge >= 0.3 is 0 Å². The van der Waals surface area contributed by atoms with Gasteiger partial charge in [0.15, 0.2) is 0 Å². The number of thiophene rings is 1.